The Bertz CT molecular complexity index is 381. The molecule has 1 saturated heterocycles. The molecule has 2 heteroatoms. The molecule has 1 aromatic rings. The smallest absolute Gasteiger partial charge is 0.0366 e. The van der Waals surface area contributed by atoms with Crippen LogP contribution in [0.2, 0.25) is 0 Å². The van der Waals surface area contributed by atoms with Crippen molar-refractivity contribution in [3.05, 3.63) is 29.8 Å². The van der Waals surface area contributed by atoms with Gasteiger partial charge in [0.05, 0.1) is 0 Å². The van der Waals surface area contributed by atoms with Crippen LogP contribution >= 0.6 is 0 Å². The molecule has 1 heterocycles. The van der Waals surface area contributed by atoms with Crippen molar-refractivity contribution in [3.63, 3.8) is 0 Å². The number of hydrogen-bond donors (Lipinski definition) is 1. The molecule has 3 rings (SSSR count). The summed E-state index contributed by atoms with van der Waals surface area (Å²) in [6.07, 6.45) is 5.27. The zero-order valence-corrected chi connectivity index (χ0v) is 11.4. The van der Waals surface area contributed by atoms with E-state index in [2.05, 4.69) is 41.4 Å². The fraction of sp³-hybridized carbons (Fsp3) is 0.625. The van der Waals surface area contributed by atoms with Gasteiger partial charge in [-0.25, -0.2) is 0 Å². The number of anilines is 1. The van der Waals surface area contributed by atoms with E-state index in [1.165, 1.54) is 50.1 Å². The third-order valence-electron chi connectivity index (χ3n) is 4.27. The summed E-state index contributed by atoms with van der Waals surface area (Å²) >= 11 is 0. The summed E-state index contributed by atoms with van der Waals surface area (Å²) in [5.74, 6) is 0.844. The molecule has 0 amide bonds. The Morgan fingerprint density at radius 3 is 2.61 bits per heavy atom. The summed E-state index contributed by atoms with van der Waals surface area (Å²) in [4.78, 5) is 2.54. The molecular formula is C16H24N2. The molecule has 2 nitrogen and oxygen atoms in total. The quantitative estimate of drug-likeness (QED) is 0.857. The van der Waals surface area contributed by atoms with Gasteiger partial charge in [-0.3, -0.25) is 0 Å². The molecular weight excluding hydrogens is 220 g/mol. The summed E-state index contributed by atoms with van der Waals surface area (Å²) in [5, 5.41) is 3.66. The zero-order chi connectivity index (χ0) is 12.4. The molecule has 0 bridgehead atoms. The van der Waals surface area contributed by atoms with Crippen LogP contribution in [0.15, 0.2) is 24.3 Å². The molecule has 1 aromatic carbocycles. The maximum absolute atomic E-state index is 3.66. The normalized spacial score (nSPS) is 23.6. The van der Waals surface area contributed by atoms with E-state index in [0.29, 0.717) is 0 Å². The van der Waals surface area contributed by atoms with E-state index >= 15 is 0 Å². The first-order valence-electron chi connectivity index (χ1n) is 7.42. The van der Waals surface area contributed by atoms with Crippen LogP contribution in [0.5, 0.6) is 0 Å². The number of nitrogens with one attached hydrogen (secondary N) is 1. The second-order valence-corrected chi connectivity index (χ2v) is 5.80. The third-order valence-corrected chi connectivity index (χ3v) is 4.27. The molecule has 0 aromatic heterocycles. The van der Waals surface area contributed by atoms with Crippen LogP contribution in [0.25, 0.3) is 0 Å². The average molecular weight is 244 g/mol. The highest BCUT2D eigenvalue weighted by molar-refractivity contribution is 5.48. The highest BCUT2D eigenvalue weighted by atomic mass is 15.2. The first-order valence-corrected chi connectivity index (χ1v) is 7.42. The maximum Gasteiger partial charge on any atom is 0.0366 e. The first kappa shape index (κ1) is 12.0. The highest BCUT2D eigenvalue weighted by Crippen LogP contribution is 2.25. The van der Waals surface area contributed by atoms with Gasteiger partial charge in [-0.2, -0.15) is 0 Å². The Hall–Kier alpha value is -1.02. The van der Waals surface area contributed by atoms with Crippen molar-refractivity contribution < 1.29 is 0 Å². The Morgan fingerprint density at radius 2 is 1.94 bits per heavy atom. The van der Waals surface area contributed by atoms with E-state index in [9.17, 15) is 0 Å². The van der Waals surface area contributed by atoms with Crippen molar-refractivity contribution >= 4 is 5.69 Å². The highest BCUT2D eigenvalue weighted by Gasteiger charge is 2.26. The van der Waals surface area contributed by atoms with Gasteiger partial charge in [-0.15, -0.1) is 0 Å². The lowest BCUT2D eigenvalue weighted by Crippen LogP contribution is -2.27. The molecule has 0 spiro atoms. The summed E-state index contributed by atoms with van der Waals surface area (Å²) < 4.78 is 0. The van der Waals surface area contributed by atoms with Gasteiger partial charge in [0.2, 0.25) is 0 Å². The number of rotatable bonds is 5. The molecule has 1 N–H and O–H groups in total. The minimum atomic E-state index is 0.844. The van der Waals surface area contributed by atoms with Gasteiger partial charge < -0.3 is 10.2 Å². The molecule has 1 saturated carbocycles. The maximum atomic E-state index is 3.66. The fourth-order valence-electron chi connectivity index (χ4n) is 2.80. The standard InChI is InChI=1S/C16H24N2/c1-2-13-3-7-16(8-4-13)18-10-9-14(12-18)11-17-15-5-6-15/h3-4,7-8,14-15,17H,2,5-6,9-12H2,1H3. The van der Waals surface area contributed by atoms with Crippen LogP contribution in [-0.2, 0) is 6.42 Å². The van der Waals surface area contributed by atoms with Gasteiger partial charge in [0.1, 0.15) is 0 Å². The second kappa shape index (κ2) is 5.31. The lowest BCUT2D eigenvalue weighted by Gasteiger charge is -2.19. The van der Waals surface area contributed by atoms with E-state index < -0.39 is 0 Å². The lowest BCUT2D eigenvalue weighted by atomic mass is 10.1. The minimum Gasteiger partial charge on any atom is -0.371 e. The van der Waals surface area contributed by atoms with Crippen LogP contribution in [0.4, 0.5) is 5.69 Å². The number of hydrogen-bond acceptors (Lipinski definition) is 2. The molecule has 1 aliphatic carbocycles. The van der Waals surface area contributed by atoms with Gasteiger partial charge in [0.15, 0.2) is 0 Å². The van der Waals surface area contributed by atoms with Crippen LogP contribution < -0.4 is 10.2 Å². The topological polar surface area (TPSA) is 15.3 Å². The van der Waals surface area contributed by atoms with Gasteiger partial charge in [0.25, 0.3) is 0 Å². The average Bonchev–Trinajstić information content (AvgIpc) is 3.14. The van der Waals surface area contributed by atoms with Gasteiger partial charge in [-0.05, 0) is 55.8 Å². The molecule has 1 atom stereocenters. The third kappa shape index (κ3) is 2.86. The molecule has 0 radical (unpaired) electrons. The largest absolute Gasteiger partial charge is 0.371 e. The number of aryl methyl sites for hydroxylation is 1. The molecule has 98 valence electrons. The first-order chi connectivity index (χ1) is 8.85. The summed E-state index contributed by atoms with van der Waals surface area (Å²) in [7, 11) is 0. The van der Waals surface area contributed by atoms with Gasteiger partial charge >= 0.3 is 0 Å². The Kier molecular flexibility index (Phi) is 3.55. The van der Waals surface area contributed by atoms with Crippen LogP contribution in [0, 0.1) is 5.92 Å². The van der Waals surface area contributed by atoms with E-state index in [1.807, 2.05) is 0 Å². The molecule has 18 heavy (non-hydrogen) atoms. The predicted octanol–water partition coefficient (Wildman–Crippen LogP) is 2.83. The SMILES string of the molecule is CCc1ccc(N2CCC(CNC3CC3)C2)cc1. The van der Waals surface area contributed by atoms with Crippen LogP contribution in [0.3, 0.4) is 0 Å². The Morgan fingerprint density at radius 1 is 1.17 bits per heavy atom. The van der Waals surface area contributed by atoms with Crippen molar-refractivity contribution in [3.8, 4) is 0 Å². The monoisotopic (exact) mass is 244 g/mol. The summed E-state index contributed by atoms with van der Waals surface area (Å²) in [6, 6.07) is 9.96. The van der Waals surface area contributed by atoms with Crippen molar-refractivity contribution in [1.29, 1.82) is 0 Å². The van der Waals surface area contributed by atoms with Crippen molar-refractivity contribution in [2.75, 3.05) is 24.5 Å². The van der Waals surface area contributed by atoms with E-state index in [-0.39, 0.29) is 0 Å². The van der Waals surface area contributed by atoms with Crippen molar-refractivity contribution in [2.24, 2.45) is 5.92 Å². The fourth-order valence-corrected chi connectivity index (χ4v) is 2.80. The van der Waals surface area contributed by atoms with Gasteiger partial charge in [-0.1, -0.05) is 19.1 Å². The number of benzene rings is 1. The van der Waals surface area contributed by atoms with Crippen molar-refractivity contribution in [1.82, 2.24) is 5.32 Å². The Balaban J connectivity index is 1.53. The van der Waals surface area contributed by atoms with E-state index in [1.54, 1.807) is 0 Å². The predicted molar refractivity (Wildman–Crippen MR) is 77.2 cm³/mol. The zero-order valence-electron chi connectivity index (χ0n) is 11.4. The van der Waals surface area contributed by atoms with Crippen LogP contribution in [0.1, 0.15) is 31.7 Å². The second-order valence-electron chi connectivity index (χ2n) is 5.80. The summed E-state index contributed by atoms with van der Waals surface area (Å²) in [5.41, 5.74) is 2.84. The molecule has 1 unspecified atom stereocenters. The molecule has 2 fully saturated rings. The minimum absolute atomic E-state index is 0.844. The van der Waals surface area contributed by atoms with E-state index in [4.69, 9.17) is 0 Å². The lowest BCUT2D eigenvalue weighted by molar-refractivity contribution is 0.515. The number of nitrogens with zero attached hydrogens (tertiary/aromatic N) is 1. The van der Waals surface area contributed by atoms with Crippen LogP contribution in [-0.4, -0.2) is 25.7 Å². The van der Waals surface area contributed by atoms with E-state index in [0.717, 1.165) is 18.4 Å². The summed E-state index contributed by atoms with van der Waals surface area (Å²) in [6.45, 7) is 5.88. The Labute approximate surface area is 110 Å². The van der Waals surface area contributed by atoms with Crippen molar-refractivity contribution in [2.45, 2.75) is 38.6 Å². The molecule has 2 aliphatic rings. The molecule has 1 aliphatic heterocycles. The van der Waals surface area contributed by atoms with Gasteiger partial charge in [0, 0.05) is 24.8 Å².